The smallest absolute Gasteiger partial charge is 0.334 e. The molecule has 0 aromatic rings. The summed E-state index contributed by atoms with van der Waals surface area (Å²) in [6, 6.07) is 0. The molecule has 0 aliphatic heterocycles. The molecule has 0 fully saturated rings. The zero-order valence-corrected chi connectivity index (χ0v) is 16.6. The Hall–Kier alpha value is -0.540. The van der Waals surface area contributed by atoms with E-state index in [4.69, 9.17) is 4.74 Å². The minimum Gasteiger partial charge on any atom is -0.443 e. The largest absolute Gasteiger partial charge is 0.443 e. The Morgan fingerprint density at radius 1 is 1.00 bits per heavy atom. The average molecular weight is 348 g/mol. The molecule has 0 bridgehead atoms. The van der Waals surface area contributed by atoms with Crippen LogP contribution in [0, 0.1) is 0 Å². The topological polar surface area (TPSA) is 29.5 Å². The minimum absolute atomic E-state index is 0. The molecule has 0 aliphatic carbocycles. The first kappa shape index (κ1) is 24.7. The van der Waals surface area contributed by atoms with Gasteiger partial charge in [0.05, 0.1) is 0 Å². The summed E-state index contributed by atoms with van der Waals surface area (Å²) in [5.41, 5.74) is 0.458. The third-order valence-electron chi connectivity index (χ3n) is 4.11. The number of nitrogens with zero attached hydrogens (tertiary/aromatic N) is 1. The van der Waals surface area contributed by atoms with Gasteiger partial charge in [-0.05, 0) is 27.3 Å². The molecule has 0 aliphatic rings. The van der Waals surface area contributed by atoms with Gasteiger partial charge in [-0.2, -0.15) is 0 Å². The highest BCUT2D eigenvalue weighted by Crippen LogP contribution is 2.11. The van der Waals surface area contributed by atoms with E-state index in [1.165, 1.54) is 64.2 Å². The number of unbranched alkanes of at least 4 members (excludes halogenated alkanes) is 9. The summed E-state index contributed by atoms with van der Waals surface area (Å²) in [6.45, 7) is 10.4. The molecule has 0 radical (unpaired) electrons. The number of hydrogen-bond donors (Lipinski definition) is 0. The van der Waals surface area contributed by atoms with E-state index >= 15 is 0 Å². The lowest BCUT2D eigenvalue weighted by Gasteiger charge is -2.24. The molecule has 0 amide bonds. The van der Waals surface area contributed by atoms with E-state index in [0.717, 1.165) is 6.54 Å². The highest BCUT2D eigenvalue weighted by atomic mass is 35.5. The fourth-order valence-electron chi connectivity index (χ4n) is 2.38. The lowest BCUT2D eigenvalue weighted by molar-refractivity contribution is -0.151. The lowest BCUT2D eigenvalue weighted by Crippen LogP contribution is -2.34. The summed E-state index contributed by atoms with van der Waals surface area (Å²) >= 11 is 0. The highest BCUT2D eigenvalue weighted by Gasteiger charge is 2.13. The van der Waals surface area contributed by atoms with Gasteiger partial charge < -0.3 is 4.74 Å². The maximum absolute atomic E-state index is 11.5. The maximum atomic E-state index is 11.5. The van der Waals surface area contributed by atoms with Crippen LogP contribution in [0.1, 0.15) is 85.0 Å². The second-order valence-corrected chi connectivity index (χ2v) is 6.45. The van der Waals surface area contributed by atoms with Gasteiger partial charge in [0.15, 0.2) is 6.23 Å². The van der Waals surface area contributed by atoms with E-state index in [1.807, 2.05) is 14.0 Å². The minimum atomic E-state index is -0.303. The quantitative estimate of drug-likeness (QED) is 0.174. The predicted octanol–water partition coefficient (Wildman–Crippen LogP) is 5.73. The van der Waals surface area contributed by atoms with Crippen LogP contribution in [0.2, 0.25) is 0 Å². The molecule has 0 aromatic carbocycles. The molecule has 1 atom stereocenters. The van der Waals surface area contributed by atoms with Crippen molar-refractivity contribution in [3.05, 3.63) is 12.2 Å². The number of halogens is 1. The Balaban J connectivity index is 0. The molecule has 4 heteroatoms. The normalized spacial score (nSPS) is 11.9. The van der Waals surface area contributed by atoms with Crippen molar-refractivity contribution in [2.45, 2.75) is 91.2 Å². The molecule has 0 aromatic heterocycles. The molecular formula is C19H38ClNO2. The fourth-order valence-corrected chi connectivity index (χ4v) is 2.38. The first-order valence-corrected chi connectivity index (χ1v) is 9.05. The van der Waals surface area contributed by atoms with Crippen molar-refractivity contribution >= 4 is 18.4 Å². The molecule has 0 heterocycles. The van der Waals surface area contributed by atoms with Crippen LogP contribution in [0.5, 0.6) is 0 Å². The number of esters is 1. The van der Waals surface area contributed by atoms with Crippen molar-refractivity contribution in [3.63, 3.8) is 0 Å². The molecule has 1 unspecified atom stereocenters. The molecule has 138 valence electrons. The van der Waals surface area contributed by atoms with Gasteiger partial charge >= 0.3 is 5.97 Å². The van der Waals surface area contributed by atoms with E-state index in [-0.39, 0.29) is 24.6 Å². The zero-order chi connectivity index (χ0) is 16.8. The monoisotopic (exact) mass is 347 g/mol. The van der Waals surface area contributed by atoms with Gasteiger partial charge in [-0.25, -0.2) is 4.79 Å². The van der Waals surface area contributed by atoms with Crippen LogP contribution < -0.4 is 0 Å². The molecule has 23 heavy (non-hydrogen) atoms. The summed E-state index contributed by atoms with van der Waals surface area (Å²) in [5.74, 6) is -0.303. The Morgan fingerprint density at radius 3 is 1.87 bits per heavy atom. The Kier molecular flexibility index (Phi) is 17.5. The fraction of sp³-hybridized carbons (Fsp3) is 0.842. The molecule has 0 rings (SSSR count). The van der Waals surface area contributed by atoms with E-state index in [2.05, 4.69) is 18.4 Å². The van der Waals surface area contributed by atoms with Crippen molar-refractivity contribution in [1.82, 2.24) is 4.90 Å². The van der Waals surface area contributed by atoms with Crippen LogP contribution in [-0.2, 0) is 9.53 Å². The second kappa shape index (κ2) is 16.3. The maximum Gasteiger partial charge on any atom is 0.334 e. The number of hydrogen-bond acceptors (Lipinski definition) is 3. The number of ether oxygens (including phenoxy) is 1. The van der Waals surface area contributed by atoms with Gasteiger partial charge in [-0.15, -0.1) is 12.4 Å². The van der Waals surface area contributed by atoms with Crippen molar-refractivity contribution in [2.24, 2.45) is 0 Å². The lowest BCUT2D eigenvalue weighted by atomic mass is 10.1. The second-order valence-electron chi connectivity index (χ2n) is 6.45. The van der Waals surface area contributed by atoms with E-state index in [0.29, 0.717) is 5.57 Å². The number of carbonyl (C=O) groups is 1. The van der Waals surface area contributed by atoms with Crippen molar-refractivity contribution in [1.29, 1.82) is 0 Å². The molecular weight excluding hydrogens is 310 g/mol. The van der Waals surface area contributed by atoms with Crippen molar-refractivity contribution < 1.29 is 9.53 Å². The zero-order valence-electron chi connectivity index (χ0n) is 15.7. The first-order valence-electron chi connectivity index (χ1n) is 9.05. The van der Waals surface area contributed by atoms with Gasteiger partial charge in [0.25, 0.3) is 0 Å². The summed E-state index contributed by atoms with van der Waals surface area (Å²) < 4.78 is 5.30. The molecule has 0 saturated heterocycles. The van der Waals surface area contributed by atoms with E-state index < -0.39 is 0 Å². The van der Waals surface area contributed by atoms with Gasteiger partial charge in [-0.3, -0.25) is 4.90 Å². The van der Waals surface area contributed by atoms with E-state index in [9.17, 15) is 4.79 Å². The Bertz CT molecular complexity index is 308. The standard InChI is InChI=1S/C19H37NO2.ClH/c1-6-7-8-9-10-11-12-13-14-15-16-20(5)18(4)22-19(21)17(2)3;/h18H,2,6-16H2,1,3-5H3;1H. The van der Waals surface area contributed by atoms with Gasteiger partial charge in [0, 0.05) is 12.1 Å². The highest BCUT2D eigenvalue weighted by molar-refractivity contribution is 5.87. The van der Waals surface area contributed by atoms with Crippen molar-refractivity contribution in [3.8, 4) is 0 Å². The molecule has 0 N–H and O–H groups in total. The summed E-state index contributed by atoms with van der Waals surface area (Å²) in [7, 11) is 2.00. The molecule has 0 spiro atoms. The predicted molar refractivity (Wildman–Crippen MR) is 102 cm³/mol. The van der Waals surface area contributed by atoms with E-state index in [1.54, 1.807) is 6.92 Å². The van der Waals surface area contributed by atoms with Crippen LogP contribution in [0.25, 0.3) is 0 Å². The van der Waals surface area contributed by atoms with Crippen LogP contribution in [0.3, 0.4) is 0 Å². The Labute approximate surface area is 150 Å². The van der Waals surface area contributed by atoms with Crippen LogP contribution >= 0.6 is 12.4 Å². The third kappa shape index (κ3) is 14.8. The SMILES string of the molecule is C=C(C)C(=O)OC(C)N(C)CCCCCCCCCCCC.Cl. The molecule has 3 nitrogen and oxygen atoms in total. The van der Waals surface area contributed by atoms with Crippen LogP contribution in [0.15, 0.2) is 12.2 Å². The summed E-state index contributed by atoms with van der Waals surface area (Å²) in [4.78, 5) is 13.5. The van der Waals surface area contributed by atoms with Gasteiger partial charge in [-0.1, -0.05) is 71.3 Å². The van der Waals surface area contributed by atoms with Crippen molar-refractivity contribution in [2.75, 3.05) is 13.6 Å². The number of carbonyl (C=O) groups excluding carboxylic acids is 1. The number of rotatable bonds is 14. The summed E-state index contributed by atoms with van der Waals surface area (Å²) in [5, 5.41) is 0. The summed E-state index contributed by atoms with van der Waals surface area (Å²) in [6.07, 6.45) is 13.2. The van der Waals surface area contributed by atoms with Gasteiger partial charge in [0.1, 0.15) is 0 Å². The van der Waals surface area contributed by atoms with Crippen LogP contribution in [0.4, 0.5) is 0 Å². The van der Waals surface area contributed by atoms with Crippen LogP contribution in [-0.4, -0.2) is 30.7 Å². The first-order chi connectivity index (χ1) is 10.5. The molecule has 0 saturated carbocycles. The average Bonchev–Trinajstić information content (AvgIpc) is 2.48. The van der Waals surface area contributed by atoms with Gasteiger partial charge in [0.2, 0.25) is 0 Å². The Morgan fingerprint density at radius 2 is 1.43 bits per heavy atom. The third-order valence-corrected chi connectivity index (χ3v) is 4.11.